The van der Waals surface area contributed by atoms with Gasteiger partial charge in [0, 0.05) is 22.5 Å². The number of hydrogen-bond donors (Lipinski definition) is 2. The van der Waals surface area contributed by atoms with Gasteiger partial charge in [-0.05, 0) is 97.6 Å². The Morgan fingerprint density at radius 2 is 0.919 bits per heavy atom. The van der Waals surface area contributed by atoms with Crippen LogP contribution in [0, 0.1) is 13.8 Å². The first-order chi connectivity index (χ1) is 17.9. The van der Waals surface area contributed by atoms with Crippen molar-refractivity contribution in [2.24, 2.45) is 0 Å². The van der Waals surface area contributed by atoms with Crippen molar-refractivity contribution < 1.29 is 10.2 Å². The van der Waals surface area contributed by atoms with Gasteiger partial charge in [0.15, 0.2) is 0 Å². The Kier molecular flexibility index (Phi) is 6.45. The Labute approximate surface area is 218 Å². The molecule has 5 rings (SSSR count). The van der Waals surface area contributed by atoms with Crippen LogP contribution >= 0.6 is 0 Å². The Morgan fingerprint density at radius 1 is 0.514 bits per heavy atom. The number of anilines is 3. The minimum Gasteiger partial charge on any atom is -0.508 e. The maximum Gasteiger partial charge on any atom is 0.115 e. The molecule has 0 unspecified atom stereocenters. The van der Waals surface area contributed by atoms with Gasteiger partial charge < -0.3 is 15.1 Å². The molecule has 184 valence electrons. The molecule has 0 bridgehead atoms. The molecule has 5 aromatic carbocycles. The van der Waals surface area contributed by atoms with Crippen molar-refractivity contribution in [2.75, 3.05) is 4.90 Å². The Hall–Kier alpha value is -4.50. The SMILES string of the molecule is Cc1ccc(N(c2ccc(C(C)(c3ccc(O)cc3)c3ccc(O)cc3)cc2)c2ccccc2C)cc1. The molecule has 37 heavy (non-hydrogen) atoms. The highest BCUT2D eigenvalue weighted by Crippen LogP contribution is 2.42. The van der Waals surface area contributed by atoms with Gasteiger partial charge in [0.1, 0.15) is 11.5 Å². The van der Waals surface area contributed by atoms with Crippen LogP contribution in [0.5, 0.6) is 11.5 Å². The van der Waals surface area contributed by atoms with Crippen molar-refractivity contribution in [1.82, 2.24) is 0 Å². The molecule has 5 aromatic rings. The summed E-state index contributed by atoms with van der Waals surface area (Å²) in [5.74, 6) is 0.471. The third kappa shape index (κ3) is 4.68. The largest absolute Gasteiger partial charge is 0.508 e. The third-order valence-electron chi connectivity index (χ3n) is 7.24. The molecule has 0 saturated carbocycles. The lowest BCUT2D eigenvalue weighted by Crippen LogP contribution is -2.25. The summed E-state index contributed by atoms with van der Waals surface area (Å²) < 4.78 is 0. The predicted octanol–water partition coefficient (Wildman–Crippen LogP) is 8.54. The highest BCUT2D eigenvalue weighted by atomic mass is 16.3. The minimum absolute atomic E-state index is 0.235. The summed E-state index contributed by atoms with van der Waals surface area (Å²) in [7, 11) is 0. The molecular formula is C34H31NO2. The average molecular weight is 486 g/mol. The number of phenols is 2. The van der Waals surface area contributed by atoms with Crippen LogP contribution in [0.15, 0.2) is 121 Å². The van der Waals surface area contributed by atoms with Gasteiger partial charge in [-0.1, -0.05) is 72.3 Å². The maximum atomic E-state index is 9.91. The molecule has 0 aliphatic rings. The molecule has 3 nitrogen and oxygen atoms in total. The van der Waals surface area contributed by atoms with E-state index in [1.165, 1.54) is 11.1 Å². The first-order valence-electron chi connectivity index (χ1n) is 12.5. The highest BCUT2D eigenvalue weighted by molar-refractivity contribution is 5.78. The molecule has 2 N–H and O–H groups in total. The van der Waals surface area contributed by atoms with Gasteiger partial charge >= 0.3 is 0 Å². The van der Waals surface area contributed by atoms with Crippen molar-refractivity contribution in [3.63, 3.8) is 0 Å². The molecule has 0 radical (unpaired) electrons. The van der Waals surface area contributed by atoms with Crippen LogP contribution in [0.25, 0.3) is 0 Å². The Balaban J connectivity index is 1.63. The molecule has 0 heterocycles. The fraction of sp³-hybridized carbons (Fsp3) is 0.118. The van der Waals surface area contributed by atoms with E-state index >= 15 is 0 Å². The number of benzene rings is 5. The Morgan fingerprint density at radius 3 is 1.38 bits per heavy atom. The summed E-state index contributed by atoms with van der Waals surface area (Å²) in [6.07, 6.45) is 0. The zero-order valence-corrected chi connectivity index (χ0v) is 21.4. The monoisotopic (exact) mass is 485 g/mol. The molecule has 0 fully saturated rings. The summed E-state index contributed by atoms with van der Waals surface area (Å²) in [6, 6.07) is 40.4. The van der Waals surface area contributed by atoms with Gasteiger partial charge in [-0.15, -0.1) is 0 Å². The first-order valence-corrected chi connectivity index (χ1v) is 12.5. The summed E-state index contributed by atoms with van der Waals surface area (Å²) in [5, 5.41) is 19.8. The fourth-order valence-electron chi connectivity index (χ4n) is 4.97. The number of aromatic hydroxyl groups is 2. The Bertz CT molecular complexity index is 1440. The highest BCUT2D eigenvalue weighted by Gasteiger charge is 2.31. The summed E-state index contributed by atoms with van der Waals surface area (Å²) in [6.45, 7) is 6.42. The van der Waals surface area contributed by atoms with E-state index in [0.29, 0.717) is 0 Å². The second kappa shape index (κ2) is 9.87. The van der Waals surface area contributed by atoms with Crippen molar-refractivity contribution >= 4 is 17.1 Å². The lowest BCUT2D eigenvalue weighted by molar-refractivity contribution is 0.474. The lowest BCUT2D eigenvalue weighted by Gasteiger charge is -2.33. The molecule has 0 amide bonds. The van der Waals surface area contributed by atoms with Gasteiger partial charge in [0.2, 0.25) is 0 Å². The van der Waals surface area contributed by atoms with Crippen LogP contribution in [-0.2, 0) is 5.41 Å². The number of nitrogens with zero attached hydrogens (tertiary/aromatic N) is 1. The van der Waals surface area contributed by atoms with E-state index in [9.17, 15) is 10.2 Å². The van der Waals surface area contributed by atoms with Gasteiger partial charge in [0.05, 0.1) is 0 Å². The van der Waals surface area contributed by atoms with Crippen LogP contribution in [0.2, 0.25) is 0 Å². The van der Waals surface area contributed by atoms with Crippen molar-refractivity contribution in [3.8, 4) is 11.5 Å². The first kappa shape index (κ1) is 24.2. The third-order valence-corrected chi connectivity index (χ3v) is 7.24. The van der Waals surface area contributed by atoms with Crippen molar-refractivity contribution in [3.05, 3.63) is 149 Å². The van der Waals surface area contributed by atoms with Crippen molar-refractivity contribution in [2.45, 2.75) is 26.2 Å². The average Bonchev–Trinajstić information content (AvgIpc) is 2.92. The predicted molar refractivity (Wildman–Crippen MR) is 152 cm³/mol. The summed E-state index contributed by atoms with van der Waals surface area (Å²) in [5.41, 5.74) is 8.47. The molecule has 0 aromatic heterocycles. The number of hydrogen-bond acceptors (Lipinski definition) is 3. The zero-order valence-electron chi connectivity index (χ0n) is 21.4. The second-order valence-electron chi connectivity index (χ2n) is 9.72. The molecule has 0 aliphatic carbocycles. The van der Waals surface area contributed by atoms with Crippen LogP contribution in [0.3, 0.4) is 0 Å². The molecular weight excluding hydrogens is 454 g/mol. The number of phenolic OH excluding ortho intramolecular Hbond substituents is 2. The number of aryl methyl sites for hydroxylation is 2. The van der Waals surface area contributed by atoms with Crippen LogP contribution in [0.1, 0.15) is 34.7 Å². The smallest absolute Gasteiger partial charge is 0.115 e. The zero-order chi connectivity index (χ0) is 26.0. The standard InChI is InChI=1S/C34H31NO2/c1-24-8-16-29(17-9-24)35(33-7-5-4-6-25(33)2)30-18-10-26(11-19-30)34(3,27-12-20-31(36)21-13-27)28-14-22-32(37)23-15-28/h4-23,36-37H,1-3H3. The molecule has 0 atom stereocenters. The molecule has 3 heteroatoms. The van der Waals surface area contributed by atoms with E-state index in [0.717, 1.165) is 33.8 Å². The van der Waals surface area contributed by atoms with E-state index in [2.05, 4.69) is 98.5 Å². The van der Waals surface area contributed by atoms with Gasteiger partial charge in [0.25, 0.3) is 0 Å². The number of rotatable bonds is 6. The van der Waals surface area contributed by atoms with E-state index < -0.39 is 5.41 Å². The fourth-order valence-corrected chi connectivity index (χ4v) is 4.97. The quantitative estimate of drug-likeness (QED) is 0.237. The van der Waals surface area contributed by atoms with E-state index in [1.54, 1.807) is 24.3 Å². The normalized spacial score (nSPS) is 11.3. The topological polar surface area (TPSA) is 43.7 Å². The van der Waals surface area contributed by atoms with Crippen LogP contribution in [-0.4, -0.2) is 10.2 Å². The minimum atomic E-state index is -0.489. The summed E-state index contributed by atoms with van der Waals surface area (Å²) >= 11 is 0. The van der Waals surface area contributed by atoms with Gasteiger partial charge in [-0.3, -0.25) is 0 Å². The van der Waals surface area contributed by atoms with E-state index in [-0.39, 0.29) is 11.5 Å². The van der Waals surface area contributed by atoms with Crippen LogP contribution < -0.4 is 4.90 Å². The van der Waals surface area contributed by atoms with Gasteiger partial charge in [-0.2, -0.15) is 0 Å². The molecule has 0 spiro atoms. The second-order valence-corrected chi connectivity index (χ2v) is 9.72. The van der Waals surface area contributed by atoms with Gasteiger partial charge in [-0.25, -0.2) is 0 Å². The van der Waals surface area contributed by atoms with Crippen molar-refractivity contribution in [1.29, 1.82) is 0 Å². The maximum absolute atomic E-state index is 9.91. The summed E-state index contributed by atoms with van der Waals surface area (Å²) in [4.78, 5) is 2.29. The molecule has 0 aliphatic heterocycles. The molecule has 0 saturated heterocycles. The number of para-hydroxylation sites is 1. The van der Waals surface area contributed by atoms with E-state index in [1.807, 2.05) is 24.3 Å². The van der Waals surface area contributed by atoms with Crippen LogP contribution in [0.4, 0.5) is 17.1 Å². The van der Waals surface area contributed by atoms with E-state index in [4.69, 9.17) is 0 Å². The lowest BCUT2D eigenvalue weighted by atomic mass is 9.71.